The van der Waals surface area contributed by atoms with Crippen LogP contribution in [0.15, 0.2) is 18.2 Å². The minimum absolute atomic E-state index is 0.0210. The smallest absolute Gasteiger partial charge is 0.253 e. The molecule has 1 aromatic carbocycles. The van der Waals surface area contributed by atoms with E-state index in [1.807, 2.05) is 39.1 Å². The van der Waals surface area contributed by atoms with E-state index < -0.39 is 0 Å². The number of amides is 1. The van der Waals surface area contributed by atoms with Gasteiger partial charge < -0.3 is 15.4 Å². The van der Waals surface area contributed by atoms with Crippen molar-refractivity contribution in [1.82, 2.24) is 5.32 Å². The Morgan fingerprint density at radius 1 is 1.35 bits per heavy atom. The third-order valence-electron chi connectivity index (χ3n) is 3.31. The summed E-state index contributed by atoms with van der Waals surface area (Å²) in [7, 11) is 1.82. The van der Waals surface area contributed by atoms with Crippen LogP contribution >= 0.6 is 0 Å². The van der Waals surface area contributed by atoms with E-state index in [0.717, 1.165) is 11.3 Å². The zero-order valence-corrected chi connectivity index (χ0v) is 13.1. The Kier molecular flexibility index (Phi) is 6.52. The van der Waals surface area contributed by atoms with Crippen LogP contribution in [0.5, 0.6) is 0 Å². The van der Waals surface area contributed by atoms with Gasteiger partial charge in [-0.05, 0) is 31.9 Å². The van der Waals surface area contributed by atoms with Crippen LogP contribution in [-0.4, -0.2) is 32.2 Å². The Morgan fingerprint density at radius 3 is 2.60 bits per heavy atom. The number of hydrogen-bond acceptors (Lipinski definition) is 3. The van der Waals surface area contributed by atoms with Gasteiger partial charge in [-0.2, -0.15) is 0 Å². The lowest BCUT2D eigenvalue weighted by Gasteiger charge is -2.23. The fraction of sp³-hybridized carbons (Fsp3) is 0.562. The summed E-state index contributed by atoms with van der Waals surface area (Å²) < 4.78 is 5.44. The Labute approximate surface area is 121 Å². The average Bonchev–Trinajstić information content (AvgIpc) is 2.42. The lowest BCUT2D eigenvalue weighted by molar-refractivity contribution is 0.0807. The molecule has 1 atom stereocenters. The topological polar surface area (TPSA) is 50.4 Å². The van der Waals surface area contributed by atoms with Gasteiger partial charge in [0.05, 0.1) is 18.2 Å². The van der Waals surface area contributed by atoms with Crippen molar-refractivity contribution in [3.05, 3.63) is 29.3 Å². The molecule has 0 aromatic heterocycles. The maximum Gasteiger partial charge on any atom is 0.253 e. The van der Waals surface area contributed by atoms with Gasteiger partial charge in [-0.1, -0.05) is 25.5 Å². The zero-order valence-electron chi connectivity index (χ0n) is 13.1. The Bertz CT molecular complexity index is 444. The second-order valence-electron chi connectivity index (χ2n) is 5.28. The number of benzene rings is 1. The van der Waals surface area contributed by atoms with Gasteiger partial charge in [0, 0.05) is 19.3 Å². The lowest BCUT2D eigenvalue weighted by atomic mass is 10.0. The standard InChI is InChI=1S/C16H26N2O2/c1-6-20-10-15(11(2)3)18-16(19)13-9-12(4)7-8-14(13)17-5/h7-9,11,15,17H,6,10H2,1-5H3,(H,18,19). The monoisotopic (exact) mass is 278 g/mol. The minimum Gasteiger partial charge on any atom is -0.387 e. The molecule has 0 aliphatic rings. The molecule has 1 unspecified atom stereocenters. The highest BCUT2D eigenvalue weighted by molar-refractivity contribution is 6.00. The fourth-order valence-corrected chi connectivity index (χ4v) is 1.96. The maximum absolute atomic E-state index is 12.4. The summed E-state index contributed by atoms with van der Waals surface area (Å²) in [6.45, 7) is 9.31. The highest BCUT2D eigenvalue weighted by Crippen LogP contribution is 2.17. The first-order valence-electron chi connectivity index (χ1n) is 7.16. The van der Waals surface area contributed by atoms with E-state index in [1.54, 1.807) is 0 Å². The molecule has 4 heteroatoms. The first kappa shape index (κ1) is 16.5. The third kappa shape index (κ3) is 4.53. The number of ether oxygens (including phenoxy) is 1. The predicted octanol–water partition coefficient (Wildman–Crippen LogP) is 2.83. The van der Waals surface area contributed by atoms with E-state index in [4.69, 9.17) is 4.74 Å². The van der Waals surface area contributed by atoms with Crippen LogP contribution in [-0.2, 0) is 4.74 Å². The molecule has 0 heterocycles. The van der Waals surface area contributed by atoms with Gasteiger partial charge in [-0.3, -0.25) is 4.79 Å². The largest absolute Gasteiger partial charge is 0.387 e. The summed E-state index contributed by atoms with van der Waals surface area (Å²) in [5.74, 6) is 0.268. The molecule has 0 aliphatic carbocycles. The molecular formula is C16H26N2O2. The summed E-state index contributed by atoms with van der Waals surface area (Å²) in [4.78, 5) is 12.4. The number of aryl methyl sites for hydroxylation is 1. The Hall–Kier alpha value is -1.55. The van der Waals surface area contributed by atoms with Crippen molar-refractivity contribution < 1.29 is 9.53 Å². The molecule has 20 heavy (non-hydrogen) atoms. The van der Waals surface area contributed by atoms with Crippen molar-refractivity contribution >= 4 is 11.6 Å². The average molecular weight is 278 g/mol. The van der Waals surface area contributed by atoms with Crippen molar-refractivity contribution in [3.63, 3.8) is 0 Å². The SMILES string of the molecule is CCOCC(NC(=O)c1cc(C)ccc1NC)C(C)C. The number of carbonyl (C=O) groups excluding carboxylic acids is 1. The zero-order chi connectivity index (χ0) is 15.1. The van der Waals surface area contributed by atoms with Crippen molar-refractivity contribution in [1.29, 1.82) is 0 Å². The molecule has 0 aliphatic heterocycles. The fourth-order valence-electron chi connectivity index (χ4n) is 1.96. The van der Waals surface area contributed by atoms with E-state index in [0.29, 0.717) is 24.7 Å². The van der Waals surface area contributed by atoms with Gasteiger partial charge in [-0.25, -0.2) is 0 Å². The van der Waals surface area contributed by atoms with Crippen molar-refractivity contribution in [2.24, 2.45) is 5.92 Å². The summed E-state index contributed by atoms with van der Waals surface area (Å²) >= 11 is 0. The van der Waals surface area contributed by atoms with Gasteiger partial charge in [0.2, 0.25) is 0 Å². The molecule has 1 amide bonds. The van der Waals surface area contributed by atoms with Crippen molar-refractivity contribution in [3.8, 4) is 0 Å². The third-order valence-corrected chi connectivity index (χ3v) is 3.31. The Balaban J connectivity index is 2.85. The summed E-state index contributed by atoms with van der Waals surface area (Å²) in [6, 6.07) is 5.84. The molecular weight excluding hydrogens is 252 g/mol. The molecule has 0 fully saturated rings. The van der Waals surface area contributed by atoms with Gasteiger partial charge in [-0.15, -0.1) is 0 Å². The Morgan fingerprint density at radius 2 is 2.05 bits per heavy atom. The van der Waals surface area contributed by atoms with Gasteiger partial charge in [0.25, 0.3) is 5.91 Å². The van der Waals surface area contributed by atoms with Crippen molar-refractivity contribution in [2.45, 2.75) is 33.7 Å². The van der Waals surface area contributed by atoms with E-state index in [9.17, 15) is 4.79 Å². The summed E-state index contributed by atoms with van der Waals surface area (Å²) in [5, 5.41) is 6.12. The number of hydrogen-bond donors (Lipinski definition) is 2. The molecule has 1 aromatic rings. The number of carbonyl (C=O) groups is 1. The first-order chi connectivity index (χ1) is 9.49. The highest BCUT2D eigenvalue weighted by atomic mass is 16.5. The molecule has 1 rings (SSSR count). The van der Waals surface area contributed by atoms with E-state index in [-0.39, 0.29) is 11.9 Å². The predicted molar refractivity (Wildman–Crippen MR) is 83.3 cm³/mol. The molecule has 112 valence electrons. The lowest BCUT2D eigenvalue weighted by Crippen LogP contribution is -2.42. The number of rotatable bonds is 7. The van der Waals surface area contributed by atoms with Crippen LogP contribution in [0.1, 0.15) is 36.7 Å². The first-order valence-corrected chi connectivity index (χ1v) is 7.16. The van der Waals surface area contributed by atoms with Crippen LogP contribution in [0.4, 0.5) is 5.69 Å². The van der Waals surface area contributed by atoms with Crippen LogP contribution in [0.3, 0.4) is 0 Å². The molecule has 0 spiro atoms. The van der Waals surface area contributed by atoms with Gasteiger partial charge >= 0.3 is 0 Å². The quantitative estimate of drug-likeness (QED) is 0.806. The number of nitrogens with one attached hydrogen (secondary N) is 2. The van der Waals surface area contributed by atoms with Crippen molar-refractivity contribution in [2.75, 3.05) is 25.6 Å². The van der Waals surface area contributed by atoms with E-state index in [1.165, 1.54) is 0 Å². The van der Waals surface area contributed by atoms with Crippen LogP contribution in [0, 0.1) is 12.8 Å². The van der Waals surface area contributed by atoms with Crippen LogP contribution in [0.25, 0.3) is 0 Å². The van der Waals surface area contributed by atoms with E-state index in [2.05, 4.69) is 24.5 Å². The number of anilines is 1. The summed E-state index contributed by atoms with van der Waals surface area (Å²) in [6.07, 6.45) is 0. The molecule has 2 N–H and O–H groups in total. The molecule has 0 saturated carbocycles. The van der Waals surface area contributed by atoms with Gasteiger partial charge in [0.15, 0.2) is 0 Å². The second kappa shape index (κ2) is 7.90. The summed E-state index contributed by atoms with van der Waals surface area (Å²) in [5.41, 5.74) is 2.58. The van der Waals surface area contributed by atoms with Crippen LogP contribution in [0.2, 0.25) is 0 Å². The van der Waals surface area contributed by atoms with Gasteiger partial charge in [0.1, 0.15) is 0 Å². The highest BCUT2D eigenvalue weighted by Gasteiger charge is 2.19. The molecule has 4 nitrogen and oxygen atoms in total. The van der Waals surface area contributed by atoms with Crippen LogP contribution < -0.4 is 10.6 Å². The second-order valence-corrected chi connectivity index (χ2v) is 5.28. The minimum atomic E-state index is -0.0588. The molecule has 0 saturated heterocycles. The normalized spacial score (nSPS) is 12.3. The molecule has 0 bridgehead atoms. The van der Waals surface area contributed by atoms with E-state index >= 15 is 0 Å². The maximum atomic E-state index is 12.4. The molecule has 0 radical (unpaired) electrons.